The molecule has 0 aromatic carbocycles. The monoisotopic (exact) mass is 293 g/mol. The van der Waals surface area contributed by atoms with E-state index in [1.165, 1.54) is 42.7 Å². The molecule has 1 heterocycles. The highest BCUT2D eigenvalue weighted by molar-refractivity contribution is 6.12. The Morgan fingerprint density at radius 3 is 1.71 bits per heavy atom. The van der Waals surface area contributed by atoms with Gasteiger partial charge < -0.3 is 4.79 Å². The zero-order valence-electron chi connectivity index (χ0n) is 13.1. The summed E-state index contributed by atoms with van der Waals surface area (Å²) in [7, 11) is 0. The van der Waals surface area contributed by atoms with Gasteiger partial charge in [0.25, 0.3) is 11.8 Å². The van der Waals surface area contributed by atoms with E-state index in [2.05, 4.69) is 0 Å². The van der Waals surface area contributed by atoms with Gasteiger partial charge in [-0.05, 0) is 19.8 Å². The molecule has 0 spiro atoms. The Morgan fingerprint density at radius 2 is 1.24 bits per heavy atom. The Balaban J connectivity index is 1.84. The predicted molar refractivity (Wildman–Crippen MR) is 82.7 cm³/mol. The maximum absolute atomic E-state index is 11.3. The zero-order chi connectivity index (χ0) is 15.5. The van der Waals surface area contributed by atoms with Gasteiger partial charge in [-0.1, -0.05) is 44.9 Å². The molecule has 118 valence electrons. The number of carbonyl (C=O) groups excluding carboxylic acids is 3. The number of rotatable bonds is 12. The van der Waals surface area contributed by atoms with Gasteiger partial charge in [-0.3, -0.25) is 14.5 Å². The van der Waals surface area contributed by atoms with Crippen LogP contribution in [-0.2, 0) is 14.4 Å². The van der Waals surface area contributed by atoms with Crippen LogP contribution in [-0.4, -0.2) is 29.0 Å². The molecule has 0 saturated carbocycles. The van der Waals surface area contributed by atoms with Gasteiger partial charge in [0.1, 0.15) is 5.78 Å². The van der Waals surface area contributed by atoms with Gasteiger partial charge in [0.15, 0.2) is 0 Å². The van der Waals surface area contributed by atoms with E-state index in [9.17, 15) is 14.4 Å². The number of nitrogens with zero attached hydrogens (tertiary/aromatic N) is 1. The van der Waals surface area contributed by atoms with Crippen LogP contribution in [0.4, 0.5) is 0 Å². The molecule has 2 amide bonds. The highest BCUT2D eigenvalue weighted by atomic mass is 16.2. The van der Waals surface area contributed by atoms with Crippen LogP contribution in [0.1, 0.15) is 71.1 Å². The summed E-state index contributed by atoms with van der Waals surface area (Å²) in [6.45, 7) is 2.20. The molecule has 4 heteroatoms. The fraction of sp³-hybridized carbons (Fsp3) is 0.706. The van der Waals surface area contributed by atoms with Gasteiger partial charge in [-0.15, -0.1) is 0 Å². The number of hydrogen-bond acceptors (Lipinski definition) is 3. The van der Waals surface area contributed by atoms with Crippen molar-refractivity contribution in [2.75, 3.05) is 6.54 Å². The standard InChI is InChI=1S/C17H27NO3/c1-15(19)11-9-7-5-3-2-4-6-8-10-14-18-16(20)12-13-17(18)21/h12-13H,2-11,14H2,1H3. The van der Waals surface area contributed by atoms with E-state index in [4.69, 9.17) is 0 Å². The number of carbonyl (C=O) groups is 3. The van der Waals surface area contributed by atoms with Crippen LogP contribution in [0.15, 0.2) is 12.2 Å². The summed E-state index contributed by atoms with van der Waals surface area (Å²) >= 11 is 0. The van der Waals surface area contributed by atoms with Crippen molar-refractivity contribution in [3.05, 3.63) is 12.2 Å². The molecule has 0 aromatic rings. The molecule has 21 heavy (non-hydrogen) atoms. The lowest BCUT2D eigenvalue weighted by Gasteiger charge is -2.12. The summed E-state index contributed by atoms with van der Waals surface area (Å²) < 4.78 is 0. The van der Waals surface area contributed by atoms with Crippen molar-refractivity contribution in [3.8, 4) is 0 Å². The number of unbranched alkanes of at least 4 members (excludes halogenated alkanes) is 8. The van der Waals surface area contributed by atoms with Crippen molar-refractivity contribution in [1.29, 1.82) is 0 Å². The van der Waals surface area contributed by atoms with E-state index >= 15 is 0 Å². The minimum Gasteiger partial charge on any atom is -0.300 e. The third-order valence-corrected chi connectivity index (χ3v) is 3.81. The second-order valence-electron chi connectivity index (χ2n) is 5.80. The Bertz CT molecular complexity index is 369. The maximum Gasteiger partial charge on any atom is 0.253 e. The lowest BCUT2D eigenvalue weighted by atomic mass is 10.1. The highest BCUT2D eigenvalue weighted by Crippen LogP contribution is 2.12. The molecular formula is C17H27NO3. The van der Waals surface area contributed by atoms with Crippen LogP contribution in [0.25, 0.3) is 0 Å². The normalized spacial score (nSPS) is 14.2. The summed E-state index contributed by atoms with van der Waals surface area (Å²) in [6, 6.07) is 0. The summed E-state index contributed by atoms with van der Waals surface area (Å²) in [5.74, 6) is -0.0590. The molecule has 0 saturated heterocycles. The lowest BCUT2D eigenvalue weighted by Crippen LogP contribution is -2.30. The highest BCUT2D eigenvalue weighted by Gasteiger charge is 2.21. The summed E-state index contributed by atoms with van der Waals surface area (Å²) in [4.78, 5) is 34.7. The van der Waals surface area contributed by atoms with Crippen molar-refractivity contribution < 1.29 is 14.4 Å². The fourth-order valence-electron chi connectivity index (χ4n) is 2.53. The van der Waals surface area contributed by atoms with Crippen molar-refractivity contribution in [2.24, 2.45) is 0 Å². The molecular weight excluding hydrogens is 266 g/mol. The molecule has 0 atom stereocenters. The number of Topliss-reactive ketones (excluding diaryl/α,β-unsaturated/α-hetero) is 1. The van der Waals surface area contributed by atoms with Crippen molar-refractivity contribution >= 4 is 17.6 Å². The first-order chi connectivity index (χ1) is 10.1. The summed E-state index contributed by atoms with van der Waals surface area (Å²) in [6.07, 6.45) is 13.6. The Kier molecular flexibility index (Phi) is 8.63. The molecule has 4 nitrogen and oxygen atoms in total. The molecule has 0 radical (unpaired) electrons. The largest absolute Gasteiger partial charge is 0.300 e. The first-order valence-electron chi connectivity index (χ1n) is 8.14. The molecule has 1 aliphatic heterocycles. The minimum atomic E-state index is -0.175. The molecule has 0 N–H and O–H groups in total. The van der Waals surface area contributed by atoms with Gasteiger partial charge in [-0.2, -0.15) is 0 Å². The molecule has 1 rings (SSSR count). The third-order valence-electron chi connectivity index (χ3n) is 3.81. The second kappa shape index (κ2) is 10.3. The first kappa shape index (κ1) is 17.6. The van der Waals surface area contributed by atoms with Gasteiger partial charge in [-0.25, -0.2) is 0 Å². The molecule has 0 fully saturated rings. The van der Waals surface area contributed by atoms with E-state index in [1.807, 2.05) is 0 Å². The smallest absolute Gasteiger partial charge is 0.253 e. The molecule has 1 aliphatic rings. The average Bonchev–Trinajstić information content (AvgIpc) is 2.75. The van der Waals surface area contributed by atoms with E-state index in [-0.39, 0.29) is 11.8 Å². The topological polar surface area (TPSA) is 54.5 Å². The van der Waals surface area contributed by atoms with Crippen LogP contribution >= 0.6 is 0 Å². The van der Waals surface area contributed by atoms with Crippen molar-refractivity contribution in [2.45, 2.75) is 71.1 Å². The number of ketones is 1. The van der Waals surface area contributed by atoms with E-state index < -0.39 is 0 Å². The van der Waals surface area contributed by atoms with Gasteiger partial charge >= 0.3 is 0 Å². The predicted octanol–water partition coefficient (Wildman–Crippen LogP) is 3.40. The molecule has 0 bridgehead atoms. The molecule has 0 unspecified atom stereocenters. The Labute approximate surface area is 127 Å². The Morgan fingerprint density at radius 1 is 0.810 bits per heavy atom. The van der Waals surface area contributed by atoms with Gasteiger partial charge in [0, 0.05) is 25.1 Å². The third kappa shape index (κ3) is 7.78. The Hall–Kier alpha value is -1.45. The number of hydrogen-bond donors (Lipinski definition) is 0. The van der Waals surface area contributed by atoms with Crippen molar-refractivity contribution in [3.63, 3.8) is 0 Å². The van der Waals surface area contributed by atoms with Gasteiger partial charge in [0.2, 0.25) is 0 Å². The van der Waals surface area contributed by atoms with Crippen LogP contribution in [0.2, 0.25) is 0 Å². The van der Waals surface area contributed by atoms with E-state index in [1.54, 1.807) is 6.92 Å². The quantitative estimate of drug-likeness (QED) is 0.409. The van der Waals surface area contributed by atoms with Gasteiger partial charge in [0.05, 0.1) is 0 Å². The SMILES string of the molecule is CC(=O)CCCCCCCCCCCN1C(=O)C=CC1=O. The van der Waals surface area contributed by atoms with Crippen LogP contribution in [0.3, 0.4) is 0 Å². The van der Waals surface area contributed by atoms with Crippen LogP contribution in [0.5, 0.6) is 0 Å². The second-order valence-corrected chi connectivity index (χ2v) is 5.80. The van der Waals surface area contributed by atoms with E-state index in [0.717, 1.165) is 38.5 Å². The minimum absolute atomic E-state index is 0.175. The fourth-order valence-corrected chi connectivity index (χ4v) is 2.53. The summed E-state index contributed by atoms with van der Waals surface area (Å²) in [5.41, 5.74) is 0. The summed E-state index contributed by atoms with van der Waals surface area (Å²) in [5, 5.41) is 0. The maximum atomic E-state index is 11.3. The van der Waals surface area contributed by atoms with Crippen LogP contribution in [0, 0.1) is 0 Å². The van der Waals surface area contributed by atoms with E-state index in [0.29, 0.717) is 12.3 Å². The zero-order valence-corrected chi connectivity index (χ0v) is 13.1. The average molecular weight is 293 g/mol. The number of amides is 2. The molecule has 0 aromatic heterocycles. The number of imide groups is 1. The molecule has 0 aliphatic carbocycles. The van der Waals surface area contributed by atoms with Crippen molar-refractivity contribution in [1.82, 2.24) is 4.90 Å². The lowest BCUT2D eigenvalue weighted by molar-refractivity contribution is -0.136. The first-order valence-corrected chi connectivity index (χ1v) is 8.14. The van der Waals surface area contributed by atoms with Crippen LogP contribution < -0.4 is 0 Å².